The standard InChI is InChI=1S/C24H21FN2O2/c1-2-6-22-26-23-20(25)9-5-10-21(23)27(22)15-16-11-13-17(14-12-16)18-7-3-4-8-19(18)24(28)29/h3-5,7-14H,2,6,15H2,1H3,(H,28,29). The van der Waals surface area contributed by atoms with Gasteiger partial charge in [-0.05, 0) is 41.3 Å². The summed E-state index contributed by atoms with van der Waals surface area (Å²) >= 11 is 0. The summed E-state index contributed by atoms with van der Waals surface area (Å²) in [6, 6.07) is 19.8. The van der Waals surface area contributed by atoms with E-state index in [1.165, 1.54) is 6.07 Å². The van der Waals surface area contributed by atoms with E-state index in [9.17, 15) is 14.3 Å². The van der Waals surface area contributed by atoms with E-state index in [2.05, 4.69) is 16.5 Å². The monoisotopic (exact) mass is 388 g/mol. The largest absolute Gasteiger partial charge is 0.478 e. The Balaban J connectivity index is 1.69. The minimum absolute atomic E-state index is 0.279. The van der Waals surface area contributed by atoms with Crippen molar-refractivity contribution in [2.75, 3.05) is 0 Å². The van der Waals surface area contributed by atoms with Gasteiger partial charge in [0.15, 0.2) is 5.82 Å². The molecule has 5 heteroatoms. The predicted octanol–water partition coefficient (Wildman–Crippen LogP) is 5.54. The second kappa shape index (κ2) is 7.87. The highest BCUT2D eigenvalue weighted by Gasteiger charge is 2.14. The summed E-state index contributed by atoms with van der Waals surface area (Å²) < 4.78 is 16.2. The third-order valence-corrected chi connectivity index (χ3v) is 5.05. The van der Waals surface area contributed by atoms with Gasteiger partial charge in [0.05, 0.1) is 11.1 Å². The van der Waals surface area contributed by atoms with Crippen LogP contribution in [-0.4, -0.2) is 20.6 Å². The Labute approximate surface area is 168 Å². The van der Waals surface area contributed by atoms with E-state index in [1.54, 1.807) is 18.2 Å². The highest BCUT2D eigenvalue weighted by molar-refractivity contribution is 5.96. The van der Waals surface area contributed by atoms with E-state index in [1.807, 2.05) is 42.5 Å². The smallest absolute Gasteiger partial charge is 0.336 e. The molecule has 0 unspecified atom stereocenters. The third-order valence-electron chi connectivity index (χ3n) is 5.05. The van der Waals surface area contributed by atoms with Crippen LogP contribution in [0.1, 0.15) is 35.1 Å². The van der Waals surface area contributed by atoms with Crippen molar-refractivity contribution in [3.63, 3.8) is 0 Å². The van der Waals surface area contributed by atoms with Crippen LogP contribution in [0.3, 0.4) is 0 Å². The van der Waals surface area contributed by atoms with Crippen LogP contribution in [0.2, 0.25) is 0 Å². The fraction of sp³-hybridized carbons (Fsp3) is 0.167. The fourth-order valence-corrected chi connectivity index (χ4v) is 3.65. The molecule has 4 aromatic rings. The molecule has 0 radical (unpaired) electrons. The number of carbonyl (C=O) groups is 1. The van der Waals surface area contributed by atoms with Crippen LogP contribution in [0.4, 0.5) is 4.39 Å². The van der Waals surface area contributed by atoms with Gasteiger partial charge in [0.25, 0.3) is 0 Å². The van der Waals surface area contributed by atoms with Gasteiger partial charge in [0.1, 0.15) is 11.3 Å². The Morgan fingerprint density at radius 2 is 1.79 bits per heavy atom. The molecule has 0 aliphatic heterocycles. The molecule has 29 heavy (non-hydrogen) atoms. The van der Waals surface area contributed by atoms with E-state index < -0.39 is 5.97 Å². The molecule has 0 atom stereocenters. The first-order valence-electron chi connectivity index (χ1n) is 9.63. The molecule has 0 saturated heterocycles. The molecule has 0 aliphatic rings. The first-order chi connectivity index (χ1) is 14.1. The lowest BCUT2D eigenvalue weighted by molar-refractivity contribution is 0.0697. The number of aromatic carboxylic acids is 1. The summed E-state index contributed by atoms with van der Waals surface area (Å²) in [6.07, 6.45) is 1.70. The molecule has 1 heterocycles. The summed E-state index contributed by atoms with van der Waals surface area (Å²) in [5, 5.41) is 9.42. The number of benzene rings is 3. The lowest BCUT2D eigenvalue weighted by Gasteiger charge is -2.11. The Morgan fingerprint density at radius 3 is 2.52 bits per heavy atom. The quantitative estimate of drug-likeness (QED) is 0.472. The van der Waals surface area contributed by atoms with Gasteiger partial charge in [-0.2, -0.15) is 0 Å². The van der Waals surface area contributed by atoms with Crippen LogP contribution < -0.4 is 0 Å². The van der Waals surface area contributed by atoms with E-state index in [0.29, 0.717) is 17.6 Å². The van der Waals surface area contributed by atoms with E-state index in [4.69, 9.17) is 0 Å². The maximum Gasteiger partial charge on any atom is 0.336 e. The fourth-order valence-electron chi connectivity index (χ4n) is 3.65. The van der Waals surface area contributed by atoms with Crippen LogP contribution in [0.25, 0.3) is 22.2 Å². The van der Waals surface area contributed by atoms with Crippen LogP contribution in [0.15, 0.2) is 66.7 Å². The number of carboxylic acid groups (broad SMARTS) is 1. The number of rotatable bonds is 6. The van der Waals surface area contributed by atoms with Gasteiger partial charge in [-0.3, -0.25) is 0 Å². The third kappa shape index (κ3) is 3.63. The van der Waals surface area contributed by atoms with Crippen molar-refractivity contribution in [2.45, 2.75) is 26.3 Å². The van der Waals surface area contributed by atoms with E-state index in [0.717, 1.165) is 35.3 Å². The molecular formula is C24H21FN2O2. The van der Waals surface area contributed by atoms with Crippen molar-refractivity contribution >= 4 is 17.0 Å². The number of aromatic nitrogens is 2. The van der Waals surface area contributed by atoms with Crippen LogP contribution >= 0.6 is 0 Å². The second-order valence-corrected chi connectivity index (χ2v) is 7.02. The van der Waals surface area contributed by atoms with Gasteiger partial charge in [-0.15, -0.1) is 0 Å². The molecule has 0 spiro atoms. The molecule has 146 valence electrons. The van der Waals surface area contributed by atoms with Crippen molar-refractivity contribution in [3.05, 3.63) is 89.5 Å². The van der Waals surface area contributed by atoms with Crippen LogP contribution in [-0.2, 0) is 13.0 Å². The molecular weight excluding hydrogens is 367 g/mol. The molecule has 0 fully saturated rings. The first kappa shape index (κ1) is 18.9. The summed E-state index contributed by atoms with van der Waals surface area (Å²) in [5.41, 5.74) is 4.05. The zero-order valence-electron chi connectivity index (χ0n) is 16.1. The zero-order valence-corrected chi connectivity index (χ0v) is 16.1. The van der Waals surface area contributed by atoms with Crippen molar-refractivity contribution in [1.82, 2.24) is 9.55 Å². The lowest BCUT2D eigenvalue weighted by atomic mass is 9.99. The first-order valence-corrected chi connectivity index (χ1v) is 9.63. The molecule has 1 N–H and O–H groups in total. The Kier molecular flexibility index (Phi) is 5.12. The van der Waals surface area contributed by atoms with Gasteiger partial charge >= 0.3 is 5.97 Å². The molecule has 0 bridgehead atoms. The minimum atomic E-state index is -0.944. The highest BCUT2D eigenvalue weighted by atomic mass is 19.1. The van der Waals surface area contributed by atoms with Gasteiger partial charge in [-0.1, -0.05) is 55.5 Å². The van der Waals surface area contributed by atoms with E-state index >= 15 is 0 Å². The number of imidazole rings is 1. The average molecular weight is 388 g/mol. The normalized spacial score (nSPS) is 11.1. The molecule has 0 saturated carbocycles. The van der Waals surface area contributed by atoms with Gasteiger partial charge in [-0.25, -0.2) is 14.2 Å². The zero-order chi connectivity index (χ0) is 20.4. The number of halogens is 1. The Bertz CT molecular complexity index is 1180. The van der Waals surface area contributed by atoms with E-state index in [-0.39, 0.29) is 11.4 Å². The maximum atomic E-state index is 14.2. The molecule has 1 aromatic heterocycles. The SMILES string of the molecule is CCCc1nc2c(F)cccc2n1Cc1ccc(-c2ccccc2C(=O)O)cc1. The van der Waals surface area contributed by atoms with Gasteiger partial charge in [0, 0.05) is 13.0 Å². The Hall–Kier alpha value is -3.47. The number of nitrogens with zero attached hydrogens (tertiary/aromatic N) is 2. The predicted molar refractivity (Wildman–Crippen MR) is 112 cm³/mol. The van der Waals surface area contributed by atoms with Crippen LogP contribution in [0.5, 0.6) is 0 Å². The van der Waals surface area contributed by atoms with Crippen molar-refractivity contribution < 1.29 is 14.3 Å². The minimum Gasteiger partial charge on any atom is -0.478 e. The number of para-hydroxylation sites is 1. The number of fused-ring (bicyclic) bond motifs is 1. The van der Waals surface area contributed by atoms with Crippen molar-refractivity contribution in [2.24, 2.45) is 0 Å². The summed E-state index contributed by atoms with van der Waals surface area (Å²) in [4.78, 5) is 16.0. The number of aryl methyl sites for hydroxylation is 1. The Morgan fingerprint density at radius 1 is 1.03 bits per heavy atom. The number of carboxylic acids is 1. The summed E-state index contributed by atoms with van der Waals surface area (Å²) in [6.45, 7) is 2.66. The van der Waals surface area contributed by atoms with Crippen LogP contribution in [0, 0.1) is 5.82 Å². The summed E-state index contributed by atoms with van der Waals surface area (Å²) in [5.74, 6) is -0.382. The second-order valence-electron chi connectivity index (χ2n) is 7.02. The molecule has 0 amide bonds. The lowest BCUT2D eigenvalue weighted by Crippen LogP contribution is -2.05. The van der Waals surface area contributed by atoms with Crippen molar-refractivity contribution in [1.29, 1.82) is 0 Å². The summed E-state index contributed by atoms with van der Waals surface area (Å²) in [7, 11) is 0. The molecule has 0 aliphatic carbocycles. The maximum absolute atomic E-state index is 14.2. The number of hydrogen-bond acceptors (Lipinski definition) is 2. The molecule has 4 nitrogen and oxygen atoms in total. The average Bonchev–Trinajstić information content (AvgIpc) is 3.07. The highest BCUT2D eigenvalue weighted by Crippen LogP contribution is 2.26. The van der Waals surface area contributed by atoms with Gasteiger partial charge < -0.3 is 9.67 Å². The topological polar surface area (TPSA) is 55.1 Å². The van der Waals surface area contributed by atoms with Gasteiger partial charge in [0.2, 0.25) is 0 Å². The molecule has 4 rings (SSSR count). The molecule has 3 aromatic carbocycles. The number of hydrogen-bond donors (Lipinski definition) is 1. The van der Waals surface area contributed by atoms with Crippen molar-refractivity contribution in [3.8, 4) is 11.1 Å².